The Bertz CT molecular complexity index is 5060. The number of H-pyrrole nitrogens is 2. The fourth-order valence-corrected chi connectivity index (χ4v) is 17.5. The van der Waals surface area contributed by atoms with Crippen molar-refractivity contribution in [2.45, 2.75) is 246 Å². The van der Waals surface area contributed by atoms with Crippen LogP contribution in [-0.4, -0.2) is 288 Å². The lowest BCUT2D eigenvalue weighted by atomic mass is 10.00. The summed E-state index contributed by atoms with van der Waals surface area (Å²) < 4.78 is 0. The number of aromatic amines is 2. The predicted molar refractivity (Wildman–Crippen MR) is 507 cm³/mol. The number of hydrogen-bond donors (Lipinski definition) is 23. The van der Waals surface area contributed by atoms with E-state index in [0.717, 1.165) is 6.42 Å². The molecule has 0 radical (unpaired) electrons. The number of aromatic nitrogens is 4. The molecule has 4 aliphatic rings. The van der Waals surface area contributed by atoms with E-state index in [2.05, 4.69) is 94.4 Å². The van der Waals surface area contributed by atoms with E-state index in [4.69, 9.17) is 28.0 Å². The van der Waals surface area contributed by atoms with Crippen LogP contribution >= 0.6 is 0 Å². The quantitative estimate of drug-likeness (QED) is 0.0109. The first-order valence-corrected chi connectivity index (χ1v) is 47.2. The number of nitrogens with two attached hydrogens (primary N) is 3. The van der Waals surface area contributed by atoms with Crippen LogP contribution in [0.3, 0.4) is 0 Å². The highest BCUT2D eigenvalue weighted by Crippen LogP contribution is 2.26. The Morgan fingerprint density at radius 2 is 0.732 bits per heavy atom. The van der Waals surface area contributed by atoms with Crippen LogP contribution in [0.2, 0.25) is 0 Å². The Hall–Kier alpha value is -14.2. The standard InChI is InChI=1S/C95H132N26O17/c1-57(2)45-73(116-86(130)75(54-122)118-83(127)70(48-60-27-11-5-12-28-60)111-79(123)64-32-17-39-103-64)91(135)120-43-22-37-78(120)89(133)114-71(50-62-52-101-55-106-62)84(128)108-65(33-18-40-104-94(97)98)80(124)109-66(34-19-41-105-95(99)100)90(134)119-42-20-36-77(119)88(132)115-72(51-63-53-102-56-107-63)85(129)113-68(46-58-23-7-3-8-24-58)81(125)112-69(47-59-25-9-4-10-26-59)82(126)117-74(49-61-29-13-6-14-30-61)92(136)121-44-21-35-76(121)87(131)110-67(93(137)138)31-15-16-38-96/h3-14,23-30,52-53,55-57,64-78,103,122H,15-22,31-51,54,96H2,1-2H3,(H,101,106)(H,102,107)(H,108,128)(H,109,124)(H,110,131)(H,111,123)(H,112,125)(H,113,129)(H,114,133)(H,115,132)(H,116,130)(H,117,126)(H,118,127)(H,137,138)(H4,97,98,104)(H4,99,100,105)/t64-,65-,66-,67-,68-,69-,70-,71-,72-,73-,74-,75-,76-,77-,78-/m0/s1. The minimum absolute atomic E-state index is 0.0113. The second kappa shape index (κ2) is 53.9. The van der Waals surface area contributed by atoms with E-state index in [1.807, 2.05) is 0 Å². The Labute approximate surface area is 800 Å². The minimum atomic E-state index is -1.60. The minimum Gasteiger partial charge on any atom is -0.480 e. The van der Waals surface area contributed by atoms with Gasteiger partial charge in [0.15, 0.2) is 11.9 Å². The summed E-state index contributed by atoms with van der Waals surface area (Å²) in [6.07, 6.45) is 8.19. The molecule has 4 saturated heterocycles. The molecule has 2 aromatic heterocycles. The molecule has 0 aliphatic carbocycles. The number of hydrogen-bond acceptors (Lipinski definition) is 22. The van der Waals surface area contributed by atoms with Gasteiger partial charge in [-0.3, -0.25) is 77.9 Å². The van der Waals surface area contributed by atoms with E-state index in [9.17, 15) is 43.8 Å². The van der Waals surface area contributed by atoms with Crippen molar-refractivity contribution in [2.24, 2.45) is 23.1 Å². The molecule has 6 heterocycles. The van der Waals surface area contributed by atoms with Gasteiger partial charge in [0, 0.05) is 83.6 Å². The summed E-state index contributed by atoms with van der Waals surface area (Å²) in [5, 5.41) is 75.4. The highest BCUT2D eigenvalue weighted by molar-refractivity contribution is 6.01. The van der Waals surface area contributed by atoms with Gasteiger partial charge >= 0.3 is 5.97 Å². The largest absolute Gasteiger partial charge is 0.480 e. The van der Waals surface area contributed by atoms with Crippen molar-refractivity contribution in [3.8, 4) is 0 Å². The lowest BCUT2D eigenvalue weighted by Crippen LogP contribution is -2.61. The number of carboxylic acids is 1. The zero-order valence-corrected chi connectivity index (χ0v) is 77.8. The van der Waals surface area contributed by atoms with Crippen molar-refractivity contribution in [3.63, 3.8) is 0 Å². The average molecular weight is 1910 g/mol. The lowest BCUT2D eigenvalue weighted by molar-refractivity contribution is -0.145. The highest BCUT2D eigenvalue weighted by atomic mass is 16.4. The van der Waals surface area contributed by atoms with E-state index in [-0.39, 0.29) is 153 Å². The number of benzene rings is 4. The van der Waals surface area contributed by atoms with Crippen molar-refractivity contribution in [3.05, 3.63) is 180 Å². The number of unbranched alkanes of at least 4 members (excludes halogenated alkanes) is 1. The molecule has 138 heavy (non-hydrogen) atoms. The van der Waals surface area contributed by atoms with E-state index < -0.39 is 198 Å². The SMILES string of the molecule is CC(C)C[C@H](NC(=O)[C@H](CO)NC(=O)[C@H](Cc1ccccc1)NC(=O)[C@@H]1CCCN1)C(=O)N1CCC[C@H]1C(=O)N[C@@H](Cc1c[nH]cn1)C(=O)N[C@@H](CCCNC(=N)N)C(=O)N[C@@H](CCCNC(=N)N)C(=O)N1CCC[C@H]1C(=O)N[C@@H](Cc1c[nH]cn1)C(=O)N[C@@H](Cc1ccccc1)C(=O)N[C@@H](Cc1ccccc1)C(=O)N[C@@H](Cc1ccccc1)C(=O)N1CCC[C@H]1C(=O)N[C@@H](CCCCN)C(=O)O. The van der Waals surface area contributed by atoms with Gasteiger partial charge in [-0.1, -0.05) is 135 Å². The van der Waals surface area contributed by atoms with E-state index in [1.54, 1.807) is 135 Å². The molecule has 26 N–H and O–H groups in total. The first-order chi connectivity index (χ1) is 66.4. The fraction of sp³-hybridized carbons (Fsp3) is 0.505. The third-order valence-electron chi connectivity index (χ3n) is 24.7. The molecule has 4 aliphatic heterocycles. The van der Waals surface area contributed by atoms with Crippen molar-refractivity contribution in [1.82, 2.24) is 109 Å². The van der Waals surface area contributed by atoms with Crippen molar-refractivity contribution >= 4 is 101 Å². The van der Waals surface area contributed by atoms with Crippen LogP contribution in [-0.2, 0) is 110 Å². The third-order valence-corrected chi connectivity index (χ3v) is 24.7. The van der Waals surface area contributed by atoms with E-state index >= 15 is 38.4 Å². The molecule has 6 aromatic rings. The normalized spacial score (nSPS) is 18.0. The number of aliphatic hydroxyl groups is 1. The van der Waals surface area contributed by atoms with Crippen LogP contribution in [0.25, 0.3) is 0 Å². The third kappa shape index (κ3) is 32.5. The molecular weight excluding hydrogens is 1780 g/mol. The van der Waals surface area contributed by atoms with Crippen LogP contribution in [0.4, 0.5) is 0 Å². The zero-order valence-electron chi connectivity index (χ0n) is 77.8. The summed E-state index contributed by atoms with van der Waals surface area (Å²) >= 11 is 0. The zero-order chi connectivity index (χ0) is 99.2. The van der Waals surface area contributed by atoms with Gasteiger partial charge in [-0.05, 0) is 144 Å². The van der Waals surface area contributed by atoms with E-state index in [0.29, 0.717) is 67.4 Å². The molecule has 43 heteroatoms. The topological polar surface area (TPSA) is 658 Å². The number of carbonyl (C=O) groups excluding carboxylic acids is 14. The smallest absolute Gasteiger partial charge is 0.326 e. The number of guanidine groups is 2. The number of amides is 14. The summed E-state index contributed by atoms with van der Waals surface area (Å²) in [6.45, 7) is 3.75. The highest BCUT2D eigenvalue weighted by Gasteiger charge is 2.46. The van der Waals surface area contributed by atoms with Crippen molar-refractivity contribution < 1.29 is 82.1 Å². The summed E-state index contributed by atoms with van der Waals surface area (Å²) in [7, 11) is 0. The summed E-state index contributed by atoms with van der Waals surface area (Å²) in [5.74, 6) is -13.2. The van der Waals surface area contributed by atoms with Crippen LogP contribution in [0.5, 0.6) is 0 Å². The molecule has 4 fully saturated rings. The maximum atomic E-state index is 15.5. The molecule has 0 unspecified atom stereocenters. The second-order valence-corrected chi connectivity index (χ2v) is 35.6. The molecule has 10 rings (SSSR count). The van der Waals surface area contributed by atoms with Gasteiger partial charge in [0.05, 0.1) is 36.7 Å². The van der Waals surface area contributed by atoms with Gasteiger partial charge in [0.2, 0.25) is 82.7 Å². The van der Waals surface area contributed by atoms with Gasteiger partial charge in [0.25, 0.3) is 0 Å². The molecule has 744 valence electrons. The number of nitrogens with zero attached hydrogens (tertiary/aromatic N) is 5. The molecule has 0 bridgehead atoms. The number of carboxylic acid groups (broad SMARTS) is 1. The molecule has 0 saturated carbocycles. The van der Waals surface area contributed by atoms with Crippen LogP contribution in [0.15, 0.2) is 146 Å². The number of rotatable bonds is 53. The average Bonchev–Trinajstić information content (AvgIpc) is 1.62. The van der Waals surface area contributed by atoms with Gasteiger partial charge in [-0.25, -0.2) is 14.8 Å². The number of aliphatic hydroxyl groups excluding tert-OH is 1. The predicted octanol–water partition coefficient (Wildman–Crippen LogP) is -2.27. The van der Waals surface area contributed by atoms with Crippen molar-refractivity contribution in [1.29, 1.82) is 10.8 Å². The van der Waals surface area contributed by atoms with E-state index in [1.165, 1.54) is 39.7 Å². The Morgan fingerprint density at radius 3 is 1.12 bits per heavy atom. The monoisotopic (exact) mass is 1910 g/mol. The summed E-state index contributed by atoms with van der Waals surface area (Å²) in [6, 6.07) is 15.1. The van der Waals surface area contributed by atoms with Gasteiger partial charge < -0.3 is 127 Å². The maximum Gasteiger partial charge on any atom is 0.326 e. The Morgan fingerprint density at radius 1 is 0.399 bits per heavy atom. The number of imidazole rings is 2. The Balaban J connectivity index is 0.853. The van der Waals surface area contributed by atoms with Crippen LogP contribution in [0, 0.1) is 16.7 Å². The number of aliphatic carboxylic acids is 1. The lowest BCUT2D eigenvalue weighted by Gasteiger charge is -2.32. The molecule has 0 spiro atoms. The Kier molecular flexibility index (Phi) is 41.3. The number of carbonyl (C=O) groups is 15. The second-order valence-electron chi connectivity index (χ2n) is 35.6. The summed E-state index contributed by atoms with van der Waals surface area (Å²) in [5.41, 5.74) is 20.1. The molecular formula is C95H132N26O17. The number of nitrogens with one attached hydrogen (secondary N) is 18. The molecule has 4 aromatic carbocycles. The van der Waals surface area contributed by atoms with Gasteiger partial charge in [0.1, 0.15) is 84.6 Å². The molecule has 14 amide bonds. The maximum absolute atomic E-state index is 15.5. The first-order valence-electron chi connectivity index (χ1n) is 47.2. The molecule has 15 atom stereocenters. The van der Waals surface area contributed by atoms with Gasteiger partial charge in [-0.2, -0.15) is 0 Å². The number of likely N-dealkylation sites (tertiary alicyclic amines) is 3. The van der Waals surface area contributed by atoms with Crippen LogP contribution in [0.1, 0.15) is 150 Å². The van der Waals surface area contributed by atoms with Gasteiger partial charge in [-0.15, -0.1) is 0 Å². The summed E-state index contributed by atoms with van der Waals surface area (Å²) in [4.78, 5) is 238. The first kappa shape index (κ1) is 106. The fourth-order valence-electron chi connectivity index (χ4n) is 17.5. The molecule has 43 nitrogen and oxygen atoms in total. The van der Waals surface area contributed by atoms with Crippen molar-refractivity contribution in [2.75, 3.05) is 52.4 Å². The van der Waals surface area contributed by atoms with Crippen LogP contribution < -0.4 is 91.6 Å².